The zero-order valence-electron chi connectivity index (χ0n) is 9.83. The quantitative estimate of drug-likeness (QED) is 0.806. The number of nitrogens with zero attached hydrogens (tertiary/aromatic N) is 1. The Bertz CT molecular complexity index is 552. The Kier molecular flexibility index (Phi) is 3.71. The van der Waals surface area contributed by atoms with E-state index in [-0.39, 0.29) is 15.8 Å². The van der Waals surface area contributed by atoms with Crippen molar-refractivity contribution >= 4 is 27.3 Å². The van der Waals surface area contributed by atoms with Crippen LogP contribution in [-0.4, -0.2) is 44.9 Å². The van der Waals surface area contributed by atoms with E-state index < -0.39 is 16.0 Å². The number of carbonyl (C=O) groups excluding carboxylic acids is 1. The van der Waals surface area contributed by atoms with E-state index >= 15 is 0 Å². The topological polar surface area (TPSA) is 89.7 Å². The van der Waals surface area contributed by atoms with Crippen molar-refractivity contribution in [1.82, 2.24) is 4.31 Å². The summed E-state index contributed by atoms with van der Waals surface area (Å²) >= 11 is 1.06. The van der Waals surface area contributed by atoms with Crippen LogP contribution in [0.15, 0.2) is 16.3 Å². The number of hydrogen-bond donors (Lipinski definition) is 1. The number of methoxy groups -OCH3 is 1. The smallest absolute Gasteiger partial charge is 0.348 e. The summed E-state index contributed by atoms with van der Waals surface area (Å²) in [6, 6.07) is 1.23. The molecular weight excluding hydrogens is 276 g/mol. The molecule has 2 rings (SSSR count). The molecule has 2 N–H and O–H groups in total. The first kappa shape index (κ1) is 13.5. The first-order valence-corrected chi connectivity index (χ1v) is 7.69. The second-order valence-electron chi connectivity index (χ2n) is 4.05. The molecule has 6 nitrogen and oxygen atoms in total. The molecule has 1 aliphatic rings. The molecule has 0 bridgehead atoms. The van der Waals surface area contributed by atoms with Gasteiger partial charge in [-0.25, -0.2) is 13.2 Å². The second-order valence-corrected chi connectivity index (χ2v) is 6.90. The van der Waals surface area contributed by atoms with Crippen molar-refractivity contribution < 1.29 is 17.9 Å². The van der Waals surface area contributed by atoms with Crippen LogP contribution >= 0.6 is 11.3 Å². The number of nitrogens with two attached hydrogens (primary N) is 1. The van der Waals surface area contributed by atoms with Crippen molar-refractivity contribution in [2.45, 2.75) is 17.4 Å². The van der Waals surface area contributed by atoms with Crippen LogP contribution in [0.5, 0.6) is 0 Å². The molecule has 1 atom stereocenters. The lowest BCUT2D eigenvalue weighted by molar-refractivity contribution is 0.0606. The summed E-state index contributed by atoms with van der Waals surface area (Å²) in [5, 5.41) is 1.45. The number of rotatable bonds is 3. The Morgan fingerprint density at radius 2 is 2.33 bits per heavy atom. The molecule has 18 heavy (non-hydrogen) atoms. The summed E-state index contributed by atoms with van der Waals surface area (Å²) in [4.78, 5) is 11.7. The van der Waals surface area contributed by atoms with Crippen molar-refractivity contribution in [2.24, 2.45) is 5.73 Å². The van der Waals surface area contributed by atoms with Crippen LogP contribution in [0.1, 0.15) is 16.1 Å². The van der Waals surface area contributed by atoms with E-state index in [4.69, 9.17) is 5.73 Å². The molecule has 0 unspecified atom stereocenters. The number of hydrogen-bond acceptors (Lipinski definition) is 6. The monoisotopic (exact) mass is 290 g/mol. The van der Waals surface area contributed by atoms with Gasteiger partial charge in [0.15, 0.2) is 0 Å². The predicted molar refractivity (Wildman–Crippen MR) is 67.0 cm³/mol. The van der Waals surface area contributed by atoms with Gasteiger partial charge in [-0.3, -0.25) is 0 Å². The average molecular weight is 290 g/mol. The summed E-state index contributed by atoms with van der Waals surface area (Å²) in [5.41, 5.74) is 5.70. The van der Waals surface area contributed by atoms with Gasteiger partial charge in [0.1, 0.15) is 4.88 Å². The molecule has 1 aromatic heterocycles. The fourth-order valence-electron chi connectivity index (χ4n) is 1.78. The van der Waals surface area contributed by atoms with Crippen LogP contribution in [0, 0.1) is 0 Å². The number of thiophene rings is 1. The molecule has 1 saturated heterocycles. The fraction of sp³-hybridized carbons (Fsp3) is 0.500. The maximum Gasteiger partial charge on any atom is 0.348 e. The van der Waals surface area contributed by atoms with Crippen molar-refractivity contribution in [3.8, 4) is 0 Å². The van der Waals surface area contributed by atoms with Crippen LogP contribution in [0.4, 0.5) is 0 Å². The van der Waals surface area contributed by atoms with Gasteiger partial charge in [0.2, 0.25) is 10.0 Å². The molecule has 0 amide bonds. The Balaban J connectivity index is 2.25. The molecule has 0 aliphatic carbocycles. The van der Waals surface area contributed by atoms with E-state index in [9.17, 15) is 13.2 Å². The molecule has 0 saturated carbocycles. The van der Waals surface area contributed by atoms with Crippen molar-refractivity contribution in [1.29, 1.82) is 0 Å². The Morgan fingerprint density at radius 3 is 2.89 bits per heavy atom. The normalized spacial score (nSPS) is 21.1. The van der Waals surface area contributed by atoms with E-state index in [1.54, 1.807) is 0 Å². The highest BCUT2D eigenvalue weighted by Gasteiger charge is 2.32. The summed E-state index contributed by atoms with van der Waals surface area (Å²) in [5.74, 6) is -0.528. The lowest BCUT2D eigenvalue weighted by atomic mass is 10.3. The maximum atomic E-state index is 12.2. The highest BCUT2D eigenvalue weighted by molar-refractivity contribution is 7.89. The molecule has 2 heterocycles. The third-order valence-electron chi connectivity index (χ3n) is 2.79. The summed E-state index contributed by atoms with van der Waals surface area (Å²) in [6.45, 7) is 0.749. The highest BCUT2D eigenvalue weighted by Crippen LogP contribution is 2.25. The molecule has 100 valence electrons. The molecule has 0 aromatic carbocycles. The van der Waals surface area contributed by atoms with Gasteiger partial charge in [0, 0.05) is 24.5 Å². The lowest BCUT2D eigenvalue weighted by Crippen LogP contribution is -2.31. The van der Waals surface area contributed by atoms with Crippen LogP contribution < -0.4 is 5.73 Å². The summed E-state index contributed by atoms with van der Waals surface area (Å²) in [6.07, 6.45) is 0.660. The van der Waals surface area contributed by atoms with Gasteiger partial charge in [0.25, 0.3) is 0 Å². The molecule has 8 heteroatoms. The largest absolute Gasteiger partial charge is 0.465 e. The fourth-order valence-corrected chi connectivity index (χ4v) is 4.47. The molecule has 1 fully saturated rings. The maximum absolute atomic E-state index is 12.2. The van der Waals surface area contributed by atoms with Gasteiger partial charge in [-0.15, -0.1) is 11.3 Å². The van der Waals surface area contributed by atoms with Crippen molar-refractivity contribution in [2.75, 3.05) is 20.2 Å². The van der Waals surface area contributed by atoms with E-state index in [1.807, 2.05) is 0 Å². The Morgan fingerprint density at radius 1 is 1.61 bits per heavy atom. The SMILES string of the molecule is COC(=O)c1cc(S(=O)(=O)N2CC[C@@H](N)C2)cs1. The minimum atomic E-state index is -3.54. The first-order valence-electron chi connectivity index (χ1n) is 5.37. The average Bonchev–Trinajstić information content (AvgIpc) is 2.96. The number of carbonyl (C=O) groups is 1. The van der Waals surface area contributed by atoms with Crippen molar-refractivity contribution in [3.05, 3.63) is 16.3 Å². The number of ether oxygens (including phenoxy) is 1. The third kappa shape index (κ3) is 2.41. The van der Waals surface area contributed by atoms with Crippen LogP contribution in [0.25, 0.3) is 0 Å². The Hall–Kier alpha value is -0.960. The van der Waals surface area contributed by atoms with Gasteiger partial charge in [-0.05, 0) is 12.5 Å². The third-order valence-corrected chi connectivity index (χ3v) is 5.69. The minimum absolute atomic E-state index is 0.113. The molecule has 1 aromatic rings. The van der Waals surface area contributed by atoms with Crippen molar-refractivity contribution in [3.63, 3.8) is 0 Å². The van der Waals surface area contributed by atoms with E-state index in [0.717, 1.165) is 11.3 Å². The van der Waals surface area contributed by atoms with Gasteiger partial charge in [-0.1, -0.05) is 0 Å². The molecule has 0 radical (unpaired) electrons. The second kappa shape index (κ2) is 4.96. The first-order chi connectivity index (χ1) is 8.45. The van der Waals surface area contributed by atoms with E-state index in [1.165, 1.54) is 22.9 Å². The summed E-state index contributed by atoms with van der Waals surface area (Å²) < 4.78 is 30.4. The standard InChI is InChI=1S/C10H14N2O4S2/c1-16-10(13)9-4-8(6-17-9)18(14,15)12-3-2-7(11)5-12/h4,6-7H,2-3,5,11H2,1H3/t7-/m1/s1. The zero-order chi connectivity index (χ0) is 13.3. The summed E-state index contributed by atoms with van der Waals surface area (Å²) in [7, 11) is -2.28. The lowest BCUT2D eigenvalue weighted by Gasteiger charge is -2.14. The van der Waals surface area contributed by atoms with Crippen LogP contribution in [-0.2, 0) is 14.8 Å². The highest BCUT2D eigenvalue weighted by atomic mass is 32.2. The minimum Gasteiger partial charge on any atom is -0.465 e. The van der Waals surface area contributed by atoms with Gasteiger partial charge in [0.05, 0.1) is 12.0 Å². The van der Waals surface area contributed by atoms with Crippen LogP contribution in [0.3, 0.4) is 0 Å². The Labute approximate surface area is 109 Å². The van der Waals surface area contributed by atoms with Gasteiger partial charge in [-0.2, -0.15) is 4.31 Å². The molecule has 0 spiro atoms. The van der Waals surface area contributed by atoms with Gasteiger partial charge < -0.3 is 10.5 Å². The number of sulfonamides is 1. The van der Waals surface area contributed by atoms with Crippen LogP contribution in [0.2, 0.25) is 0 Å². The number of esters is 1. The molecule has 1 aliphatic heterocycles. The molecular formula is C10H14N2O4S2. The van der Waals surface area contributed by atoms with Gasteiger partial charge >= 0.3 is 5.97 Å². The van der Waals surface area contributed by atoms with E-state index in [2.05, 4.69) is 4.74 Å². The van der Waals surface area contributed by atoms with E-state index in [0.29, 0.717) is 19.5 Å². The predicted octanol–water partition coefficient (Wildman–Crippen LogP) is 0.256. The zero-order valence-corrected chi connectivity index (χ0v) is 11.5.